The molecular weight excluding hydrogens is 214 g/mol. The second kappa shape index (κ2) is 5.55. The summed E-state index contributed by atoms with van der Waals surface area (Å²) in [5.41, 5.74) is -0.596. The van der Waals surface area contributed by atoms with Crippen molar-refractivity contribution in [3.63, 3.8) is 0 Å². The third kappa shape index (κ3) is 3.69. The molecule has 0 aromatic rings. The van der Waals surface area contributed by atoms with Crippen molar-refractivity contribution in [2.24, 2.45) is 0 Å². The van der Waals surface area contributed by atoms with Crippen molar-refractivity contribution < 1.29 is 13.5 Å². The Morgan fingerprint density at radius 1 is 1.56 bits per heavy atom. The van der Waals surface area contributed by atoms with E-state index in [1.807, 2.05) is 13.8 Å². The number of ether oxygens (including phenoxy) is 1. The number of nitrogens with one attached hydrogen (secondary N) is 1. The first-order valence-corrected chi connectivity index (χ1v) is 5.56. The van der Waals surface area contributed by atoms with Crippen LogP contribution in [0.5, 0.6) is 0 Å². The number of nitrogens with zero attached hydrogens (tertiary/aromatic N) is 1. The van der Waals surface area contributed by atoms with Crippen LogP contribution in [0.4, 0.5) is 8.78 Å². The first-order chi connectivity index (χ1) is 7.47. The number of hydrogen-bond donors (Lipinski definition) is 1. The largest absolute Gasteiger partial charge is 0.372 e. The highest BCUT2D eigenvalue weighted by Gasteiger charge is 2.40. The van der Waals surface area contributed by atoms with Gasteiger partial charge in [0.1, 0.15) is 12.1 Å². The average molecular weight is 232 g/mol. The quantitative estimate of drug-likeness (QED) is 0.789. The Morgan fingerprint density at radius 3 is 2.75 bits per heavy atom. The topological polar surface area (TPSA) is 45.0 Å². The summed E-state index contributed by atoms with van der Waals surface area (Å²) in [5.74, 6) is 0. The van der Waals surface area contributed by atoms with E-state index in [1.165, 1.54) is 0 Å². The molecule has 16 heavy (non-hydrogen) atoms. The molecule has 1 saturated carbocycles. The minimum absolute atomic E-state index is 0.202. The lowest BCUT2D eigenvalue weighted by molar-refractivity contribution is -0.0228. The zero-order valence-corrected chi connectivity index (χ0v) is 9.67. The summed E-state index contributed by atoms with van der Waals surface area (Å²) in [4.78, 5) is 0. The Morgan fingerprint density at radius 2 is 2.25 bits per heavy atom. The molecule has 0 aliphatic heterocycles. The first-order valence-electron chi connectivity index (χ1n) is 5.56. The van der Waals surface area contributed by atoms with Crippen LogP contribution in [-0.2, 0) is 4.74 Å². The number of alkyl halides is 2. The zero-order valence-electron chi connectivity index (χ0n) is 9.67. The monoisotopic (exact) mass is 232 g/mol. The molecule has 2 atom stereocenters. The number of nitriles is 1. The van der Waals surface area contributed by atoms with Crippen LogP contribution in [0.3, 0.4) is 0 Å². The molecule has 1 aliphatic carbocycles. The molecule has 0 amide bonds. The van der Waals surface area contributed by atoms with Gasteiger partial charge in [0.2, 0.25) is 0 Å². The molecule has 0 aromatic heterocycles. The summed E-state index contributed by atoms with van der Waals surface area (Å²) in [7, 11) is 0. The number of rotatable bonds is 5. The molecule has 0 radical (unpaired) electrons. The third-order valence-corrected chi connectivity index (χ3v) is 2.71. The minimum atomic E-state index is -2.44. The number of halogens is 2. The van der Waals surface area contributed by atoms with Crippen LogP contribution in [0.2, 0.25) is 0 Å². The Bertz CT molecular complexity index is 265. The molecule has 0 aromatic carbocycles. The Balaban J connectivity index is 2.45. The Hall–Kier alpha value is -0.730. The summed E-state index contributed by atoms with van der Waals surface area (Å²) in [6.45, 7) is 3.40. The van der Waals surface area contributed by atoms with Gasteiger partial charge in [0, 0.05) is 12.5 Å². The summed E-state index contributed by atoms with van der Waals surface area (Å²) in [6, 6.07) is 2.45. The molecule has 1 N–H and O–H groups in total. The maximum atomic E-state index is 12.0. The molecule has 3 nitrogen and oxygen atoms in total. The molecule has 0 saturated heterocycles. The Kier molecular flexibility index (Phi) is 4.63. The van der Waals surface area contributed by atoms with Crippen LogP contribution < -0.4 is 5.32 Å². The van der Waals surface area contributed by atoms with Gasteiger partial charge in [-0.25, -0.2) is 8.78 Å². The van der Waals surface area contributed by atoms with Crippen LogP contribution in [0.1, 0.15) is 33.1 Å². The molecule has 5 heteroatoms. The summed E-state index contributed by atoms with van der Waals surface area (Å²) >= 11 is 0. The van der Waals surface area contributed by atoms with Crippen molar-refractivity contribution in [2.75, 3.05) is 6.61 Å². The molecular formula is C11H18F2N2O. The lowest BCUT2D eigenvalue weighted by atomic mass is 9.98. The molecule has 0 spiro atoms. The van der Waals surface area contributed by atoms with Gasteiger partial charge in [0.25, 0.3) is 6.43 Å². The van der Waals surface area contributed by atoms with Gasteiger partial charge >= 0.3 is 0 Å². The molecule has 1 aliphatic rings. The third-order valence-electron chi connectivity index (χ3n) is 2.71. The van der Waals surface area contributed by atoms with E-state index >= 15 is 0 Å². The lowest BCUT2D eigenvalue weighted by Crippen LogP contribution is -2.46. The normalized spacial score (nSPS) is 29.9. The molecule has 1 fully saturated rings. The summed E-state index contributed by atoms with van der Waals surface area (Å²) in [5, 5.41) is 12.3. The van der Waals surface area contributed by atoms with Crippen molar-refractivity contribution in [3.05, 3.63) is 0 Å². The van der Waals surface area contributed by atoms with E-state index in [1.54, 1.807) is 0 Å². The van der Waals surface area contributed by atoms with Crippen molar-refractivity contribution in [1.82, 2.24) is 5.32 Å². The first kappa shape index (κ1) is 13.3. The summed E-state index contributed by atoms with van der Waals surface area (Å²) < 4.78 is 29.0. The summed E-state index contributed by atoms with van der Waals surface area (Å²) in [6.07, 6.45) is -0.834. The van der Waals surface area contributed by atoms with Crippen molar-refractivity contribution >= 4 is 0 Å². The smallest absolute Gasteiger partial charge is 0.261 e. The van der Waals surface area contributed by atoms with E-state index in [2.05, 4.69) is 11.4 Å². The van der Waals surface area contributed by atoms with Crippen molar-refractivity contribution in [3.8, 4) is 6.07 Å². The van der Waals surface area contributed by atoms with Crippen molar-refractivity contribution in [1.29, 1.82) is 5.26 Å². The standard InChI is InChI=1S/C11H18F2N2O/c1-8(2)15-11(7-14)4-3-9(5-11)16-6-10(12)13/h8-10,15H,3-6H2,1-2H3. The fourth-order valence-corrected chi connectivity index (χ4v) is 2.17. The maximum absolute atomic E-state index is 12.0. The van der Waals surface area contributed by atoms with Crippen LogP contribution >= 0.6 is 0 Å². The highest BCUT2D eigenvalue weighted by Crippen LogP contribution is 2.32. The van der Waals surface area contributed by atoms with Gasteiger partial charge in [-0.05, 0) is 26.7 Å². The molecule has 2 unspecified atom stereocenters. The van der Waals surface area contributed by atoms with Gasteiger partial charge in [-0.1, -0.05) is 0 Å². The minimum Gasteiger partial charge on any atom is -0.372 e. The SMILES string of the molecule is CC(C)NC1(C#N)CCC(OCC(F)F)C1. The Labute approximate surface area is 94.8 Å². The van der Waals surface area contributed by atoms with Gasteiger partial charge < -0.3 is 4.74 Å². The van der Waals surface area contributed by atoms with Crippen LogP contribution in [0.25, 0.3) is 0 Å². The van der Waals surface area contributed by atoms with Crippen LogP contribution in [0.15, 0.2) is 0 Å². The van der Waals surface area contributed by atoms with E-state index in [4.69, 9.17) is 10.00 Å². The van der Waals surface area contributed by atoms with Crippen LogP contribution in [0, 0.1) is 11.3 Å². The zero-order chi connectivity index (χ0) is 12.2. The fourth-order valence-electron chi connectivity index (χ4n) is 2.17. The van der Waals surface area contributed by atoms with E-state index in [-0.39, 0.29) is 12.1 Å². The molecule has 0 heterocycles. The highest BCUT2D eigenvalue weighted by molar-refractivity contribution is 5.12. The lowest BCUT2D eigenvalue weighted by Gasteiger charge is -2.25. The number of hydrogen-bond acceptors (Lipinski definition) is 3. The fraction of sp³-hybridized carbons (Fsp3) is 0.909. The highest BCUT2D eigenvalue weighted by atomic mass is 19.3. The second-order valence-electron chi connectivity index (χ2n) is 4.58. The molecule has 92 valence electrons. The molecule has 1 rings (SSSR count). The maximum Gasteiger partial charge on any atom is 0.261 e. The predicted octanol–water partition coefficient (Wildman–Crippen LogP) is 2.08. The van der Waals surface area contributed by atoms with Gasteiger partial charge in [-0.3, -0.25) is 5.32 Å². The predicted molar refractivity (Wildman–Crippen MR) is 56.2 cm³/mol. The van der Waals surface area contributed by atoms with Crippen molar-refractivity contribution in [2.45, 2.75) is 57.2 Å². The van der Waals surface area contributed by atoms with E-state index in [9.17, 15) is 8.78 Å². The van der Waals surface area contributed by atoms with Gasteiger partial charge in [0.15, 0.2) is 0 Å². The average Bonchev–Trinajstić information content (AvgIpc) is 2.58. The molecule has 0 bridgehead atoms. The van der Waals surface area contributed by atoms with Crippen LogP contribution in [-0.4, -0.2) is 30.7 Å². The van der Waals surface area contributed by atoms with E-state index < -0.39 is 18.6 Å². The van der Waals surface area contributed by atoms with Gasteiger partial charge in [0.05, 0.1) is 12.2 Å². The van der Waals surface area contributed by atoms with Gasteiger partial charge in [-0.2, -0.15) is 5.26 Å². The van der Waals surface area contributed by atoms with E-state index in [0.29, 0.717) is 19.3 Å². The van der Waals surface area contributed by atoms with E-state index in [0.717, 1.165) is 0 Å². The second-order valence-corrected chi connectivity index (χ2v) is 4.58. The van der Waals surface area contributed by atoms with Gasteiger partial charge in [-0.15, -0.1) is 0 Å².